The molecule has 0 atom stereocenters. The van der Waals surface area contributed by atoms with Gasteiger partial charge in [0.15, 0.2) is 0 Å². The van der Waals surface area contributed by atoms with Gasteiger partial charge in [0.1, 0.15) is 12.2 Å². The molecule has 0 aromatic rings. The van der Waals surface area contributed by atoms with Crippen molar-refractivity contribution in [3.8, 4) is 0 Å². The van der Waals surface area contributed by atoms with Gasteiger partial charge in [-0.05, 0) is 6.92 Å². The molecule has 0 aromatic heterocycles. The first-order valence-corrected chi connectivity index (χ1v) is 1.84. The molecule has 43 valence electrons. The first-order chi connectivity index (χ1) is 3.13. The van der Waals surface area contributed by atoms with E-state index in [-0.39, 0.29) is 47.8 Å². The van der Waals surface area contributed by atoms with Gasteiger partial charge in [-0.15, -0.1) is 0 Å². The quantitative estimate of drug-likeness (QED) is 0.695. The molecule has 0 spiro atoms. The second-order valence-corrected chi connectivity index (χ2v) is 1.27. The van der Waals surface area contributed by atoms with Gasteiger partial charge in [-0.2, -0.15) is 0 Å². The minimum atomic E-state index is -1.06. The van der Waals surface area contributed by atoms with Gasteiger partial charge in [0, 0.05) is 35.6 Å². The Labute approximate surface area is 75.1 Å². The van der Waals surface area contributed by atoms with E-state index in [2.05, 4.69) is 0 Å². The van der Waals surface area contributed by atoms with Crippen LogP contribution in [-0.4, -0.2) is 16.9 Å². The van der Waals surface area contributed by atoms with Crippen LogP contribution in [0.25, 0.3) is 0 Å². The molecule has 8 heavy (non-hydrogen) atoms. The van der Waals surface area contributed by atoms with Crippen LogP contribution in [0.15, 0.2) is 0 Å². The number of aliphatic carboxylic acids is 1. The third-order valence-electron chi connectivity index (χ3n) is 0.400. The van der Waals surface area contributed by atoms with Crippen molar-refractivity contribution in [2.24, 2.45) is 0 Å². The molecule has 0 saturated heterocycles. The van der Waals surface area contributed by atoms with E-state index in [9.17, 15) is 9.59 Å². The summed E-state index contributed by atoms with van der Waals surface area (Å²) in [7, 11) is 0. The van der Waals surface area contributed by atoms with Gasteiger partial charge < -0.3 is 5.11 Å². The van der Waals surface area contributed by atoms with Crippen molar-refractivity contribution < 1.29 is 50.3 Å². The maximum atomic E-state index is 9.87. The standard InChI is InChI=1S/C4H6O3.La/c1-3(5)2-4(6)7;/h2H2,1H3,(H,6,7);. The van der Waals surface area contributed by atoms with Crippen LogP contribution < -0.4 is 0 Å². The number of carbonyl (C=O) groups is 2. The molecule has 0 amide bonds. The van der Waals surface area contributed by atoms with Gasteiger partial charge in [-0.3, -0.25) is 9.59 Å². The summed E-state index contributed by atoms with van der Waals surface area (Å²) in [6, 6.07) is 0. The zero-order valence-electron chi connectivity index (χ0n) is 4.55. The monoisotopic (exact) mass is 241 g/mol. The molecule has 0 bridgehead atoms. The molecular formula is C4H6LaO3. The molecule has 0 aromatic carbocycles. The van der Waals surface area contributed by atoms with E-state index < -0.39 is 5.97 Å². The average Bonchev–Trinajstić information content (AvgIpc) is 1.27. The Morgan fingerprint density at radius 1 is 1.50 bits per heavy atom. The number of hydrogen-bond donors (Lipinski definition) is 1. The molecule has 0 unspecified atom stereocenters. The third kappa shape index (κ3) is 9.59. The zero-order valence-corrected chi connectivity index (χ0v) is 8.17. The van der Waals surface area contributed by atoms with Gasteiger partial charge in [-0.25, -0.2) is 0 Å². The second-order valence-electron chi connectivity index (χ2n) is 1.27. The minimum Gasteiger partial charge on any atom is -0.481 e. The van der Waals surface area contributed by atoms with Crippen LogP contribution in [0, 0.1) is 35.6 Å². The number of carboxylic acid groups (broad SMARTS) is 1. The van der Waals surface area contributed by atoms with Crippen molar-refractivity contribution in [2.75, 3.05) is 0 Å². The maximum absolute atomic E-state index is 9.87. The van der Waals surface area contributed by atoms with Crippen LogP contribution in [0.3, 0.4) is 0 Å². The molecule has 3 nitrogen and oxygen atoms in total. The molecule has 1 radical (unpaired) electrons. The molecule has 4 heteroatoms. The largest absolute Gasteiger partial charge is 0.481 e. The molecule has 0 heterocycles. The van der Waals surface area contributed by atoms with E-state index in [1.807, 2.05) is 0 Å². The maximum Gasteiger partial charge on any atom is 0.310 e. The summed E-state index contributed by atoms with van der Waals surface area (Å²) >= 11 is 0. The zero-order chi connectivity index (χ0) is 5.86. The smallest absolute Gasteiger partial charge is 0.310 e. The van der Waals surface area contributed by atoms with Crippen LogP contribution >= 0.6 is 0 Å². The van der Waals surface area contributed by atoms with E-state index in [1.54, 1.807) is 0 Å². The van der Waals surface area contributed by atoms with Gasteiger partial charge in [-0.1, -0.05) is 0 Å². The number of carboxylic acids is 1. The van der Waals surface area contributed by atoms with E-state index >= 15 is 0 Å². The molecule has 0 fully saturated rings. The van der Waals surface area contributed by atoms with Gasteiger partial charge in [0.25, 0.3) is 0 Å². The van der Waals surface area contributed by atoms with Crippen LogP contribution in [0.4, 0.5) is 0 Å². The topological polar surface area (TPSA) is 54.4 Å². The molecule has 0 aliphatic carbocycles. The first-order valence-electron chi connectivity index (χ1n) is 1.84. The van der Waals surface area contributed by atoms with Crippen LogP contribution in [0.2, 0.25) is 0 Å². The van der Waals surface area contributed by atoms with E-state index in [4.69, 9.17) is 5.11 Å². The normalized spacial score (nSPS) is 7.12. The Balaban J connectivity index is 0. The van der Waals surface area contributed by atoms with Crippen molar-refractivity contribution in [1.29, 1.82) is 0 Å². The summed E-state index contributed by atoms with van der Waals surface area (Å²) in [5.74, 6) is -1.37. The van der Waals surface area contributed by atoms with E-state index in [0.717, 1.165) is 0 Å². The molecular weight excluding hydrogens is 235 g/mol. The van der Waals surface area contributed by atoms with Crippen molar-refractivity contribution in [1.82, 2.24) is 0 Å². The Hall–Kier alpha value is 0.335. The predicted molar refractivity (Wildman–Crippen MR) is 22.9 cm³/mol. The summed E-state index contributed by atoms with van der Waals surface area (Å²) in [6.07, 6.45) is -0.361. The van der Waals surface area contributed by atoms with Crippen molar-refractivity contribution in [3.05, 3.63) is 0 Å². The summed E-state index contributed by atoms with van der Waals surface area (Å²) in [5.41, 5.74) is 0. The van der Waals surface area contributed by atoms with Crippen LogP contribution in [0.5, 0.6) is 0 Å². The molecule has 1 N–H and O–H groups in total. The van der Waals surface area contributed by atoms with Crippen molar-refractivity contribution in [2.45, 2.75) is 13.3 Å². The number of rotatable bonds is 2. The average molecular weight is 241 g/mol. The fourth-order valence-electron chi connectivity index (χ4n) is 0.213. The van der Waals surface area contributed by atoms with Crippen molar-refractivity contribution >= 4 is 11.8 Å². The molecule has 0 aliphatic rings. The Morgan fingerprint density at radius 3 is 1.88 bits per heavy atom. The van der Waals surface area contributed by atoms with E-state index in [0.29, 0.717) is 0 Å². The summed E-state index contributed by atoms with van der Waals surface area (Å²) in [5, 5.41) is 7.86. The predicted octanol–water partition coefficient (Wildman–Crippen LogP) is 0.0501. The number of ketones is 1. The molecule has 0 aliphatic heterocycles. The Morgan fingerprint density at radius 2 is 1.88 bits per heavy atom. The van der Waals surface area contributed by atoms with Crippen LogP contribution in [0.1, 0.15) is 13.3 Å². The fraction of sp³-hybridized carbons (Fsp3) is 0.500. The second kappa shape index (κ2) is 5.47. The summed E-state index contributed by atoms with van der Waals surface area (Å²) in [4.78, 5) is 19.5. The van der Waals surface area contributed by atoms with E-state index in [1.165, 1.54) is 6.92 Å². The SMILES string of the molecule is CC(=O)CC(=O)O.[La]. The van der Waals surface area contributed by atoms with Crippen LogP contribution in [-0.2, 0) is 9.59 Å². The van der Waals surface area contributed by atoms with Gasteiger partial charge >= 0.3 is 5.97 Å². The first kappa shape index (κ1) is 11.2. The minimum absolute atomic E-state index is 0. The van der Waals surface area contributed by atoms with Gasteiger partial charge in [0.05, 0.1) is 0 Å². The van der Waals surface area contributed by atoms with Gasteiger partial charge in [0.2, 0.25) is 0 Å². The summed E-state index contributed by atoms with van der Waals surface area (Å²) < 4.78 is 0. The Kier molecular flexibility index (Phi) is 7.64. The number of Topliss-reactive ketones (excluding diaryl/α,β-unsaturated/α-hetero) is 1. The molecule has 0 saturated carbocycles. The molecule has 0 rings (SSSR count). The fourth-order valence-corrected chi connectivity index (χ4v) is 0.213. The number of hydrogen-bond acceptors (Lipinski definition) is 2. The number of carbonyl (C=O) groups excluding carboxylic acids is 1. The Bertz CT molecular complexity index is 87.5. The summed E-state index contributed by atoms with van der Waals surface area (Å²) in [6.45, 7) is 1.24. The van der Waals surface area contributed by atoms with Crippen molar-refractivity contribution in [3.63, 3.8) is 0 Å². The third-order valence-corrected chi connectivity index (χ3v) is 0.400.